The summed E-state index contributed by atoms with van der Waals surface area (Å²) < 4.78 is 18.4. The van der Waals surface area contributed by atoms with Crippen LogP contribution in [-0.4, -0.2) is 16.5 Å². The Morgan fingerprint density at radius 3 is 2.89 bits per heavy atom. The molecule has 0 spiro atoms. The van der Waals surface area contributed by atoms with Crippen molar-refractivity contribution in [3.8, 4) is 0 Å². The van der Waals surface area contributed by atoms with E-state index in [1.807, 2.05) is 0 Å². The Kier molecular flexibility index (Phi) is 4.04. The summed E-state index contributed by atoms with van der Waals surface area (Å²) in [6, 6.07) is 1.27. The fourth-order valence-electron chi connectivity index (χ4n) is 1.78. The van der Waals surface area contributed by atoms with Crippen molar-refractivity contribution in [2.45, 2.75) is 26.3 Å². The lowest BCUT2D eigenvalue weighted by Gasteiger charge is -2.15. The molecule has 1 atom stereocenters. The van der Waals surface area contributed by atoms with Gasteiger partial charge in [-0.3, -0.25) is 4.98 Å². The number of rotatable bonds is 5. The number of aromatic nitrogens is 2. The van der Waals surface area contributed by atoms with Gasteiger partial charge in [-0.1, -0.05) is 6.92 Å². The Morgan fingerprint density at radius 1 is 1.44 bits per heavy atom. The second-order valence-electron chi connectivity index (χ2n) is 4.12. The number of aryl methyl sites for hydroxylation is 1. The highest BCUT2D eigenvalue weighted by molar-refractivity contribution is 5.24. The molecule has 0 bridgehead atoms. The molecule has 5 heteroatoms. The highest BCUT2D eigenvalue weighted by Gasteiger charge is 2.17. The van der Waals surface area contributed by atoms with Crippen LogP contribution in [0.3, 0.4) is 0 Å². The van der Waals surface area contributed by atoms with Crippen molar-refractivity contribution >= 4 is 0 Å². The molecule has 0 aromatic carbocycles. The number of pyridine rings is 1. The number of oxazole rings is 1. The average molecular weight is 249 g/mol. The van der Waals surface area contributed by atoms with Gasteiger partial charge in [-0.2, -0.15) is 0 Å². The molecule has 0 fully saturated rings. The van der Waals surface area contributed by atoms with Crippen molar-refractivity contribution in [2.75, 3.05) is 6.54 Å². The van der Waals surface area contributed by atoms with E-state index < -0.39 is 0 Å². The number of hydrogen-bond acceptors (Lipinski definition) is 4. The molecule has 0 aliphatic heterocycles. The van der Waals surface area contributed by atoms with E-state index in [4.69, 9.17) is 4.42 Å². The Labute approximate surface area is 105 Å². The molecule has 0 aliphatic carbocycles. The normalized spacial score (nSPS) is 12.6. The van der Waals surface area contributed by atoms with Crippen molar-refractivity contribution in [1.82, 2.24) is 15.3 Å². The van der Waals surface area contributed by atoms with E-state index in [0.29, 0.717) is 5.89 Å². The molecular weight excluding hydrogens is 233 g/mol. The van der Waals surface area contributed by atoms with Gasteiger partial charge in [0.1, 0.15) is 17.8 Å². The van der Waals surface area contributed by atoms with Crippen LogP contribution in [0.4, 0.5) is 4.39 Å². The summed E-state index contributed by atoms with van der Waals surface area (Å²) >= 11 is 0. The van der Waals surface area contributed by atoms with Crippen LogP contribution in [0.2, 0.25) is 0 Å². The molecule has 1 N–H and O–H groups in total. The van der Waals surface area contributed by atoms with Crippen LogP contribution < -0.4 is 5.32 Å². The van der Waals surface area contributed by atoms with Gasteiger partial charge in [-0.05, 0) is 24.6 Å². The molecule has 0 saturated heterocycles. The second-order valence-corrected chi connectivity index (χ2v) is 4.12. The van der Waals surface area contributed by atoms with E-state index in [1.54, 1.807) is 19.4 Å². The molecule has 1 unspecified atom stereocenters. The highest BCUT2D eigenvalue weighted by Crippen LogP contribution is 2.21. The molecule has 2 heterocycles. The van der Waals surface area contributed by atoms with Crippen LogP contribution in [0.15, 0.2) is 29.1 Å². The molecule has 4 nitrogen and oxygen atoms in total. The molecule has 0 amide bonds. The summed E-state index contributed by atoms with van der Waals surface area (Å²) in [5.41, 5.74) is 1.49. The van der Waals surface area contributed by atoms with Crippen molar-refractivity contribution < 1.29 is 8.81 Å². The van der Waals surface area contributed by atoms with Crippen LogP contribution in [-0.2, 0) is 0 Å². The Morgan fingerprint density at radius 2 is 2.28 bits per heavy atom. The molecular formula is C13H16FN3O. The minimum Gasteiger partial charge on any atom is -0.449 e. The van der Waals surface area contributed by atoms with E-state index in [2.05, 4.69) is 22.2 Å². The van der Waals surface area contributed by atoms with Gasteiger partial charge < -0.3 is 9.73 Å². The van der Waals surface area contributed by atoms with E-state index in [9.17, 15) is 4.39 Å². The quantitative estimate of drug-likeness (QED) is 0.885. The lowest BCUT2D eigenvalue weighted by Crippen LogP contribution is -2.23. The van der Waals surface area contributed by atoms with Crippen LogP contribution in [0, 0.1) is 12.7 Å². The zero-order chi connectivity index (χ0) is 13.0. The van der Waals surface area contributed by atoms with Crippen LogP contribution in [0.1, 0.15) is 36.5 Å². The summed E-state index contributed by atoms with van der Waals surface area (Å²) in [6.45, 7) is 4.67. The van der Waals surface area contributed by atoms with Gasteiger partial charge in [0.15, 0.2) is 5.89 Å². The van der Waals surface area contributed by atoms with E-state index in [-0.39, 0.29) is 11.9 Å². The van der Waals surface area contributed by atoms with Gasteiger partial charge in [-0.15, -0.1) is 0 Å². The second kappa shape index (κ2) is 5.73. The maximum Gasteiger partial charge on any atom is 0.191 e. The van der Waals surface area contributed by atoms with Crippen molar-refractivity contribution in [3.63, 3.8) is 0 Å². The maximum absolute atomic E-state index is 13.2. The molecule has 0 aliphatic rings. The number of nitrogens with one attached hydrogen (secondary N) is 1. The monoisotopic (exact) mass is 249 g/mol. The maximum atomic E-state index is 13.2. The minimum atomic E-state index is -0.351. The van der Waals surface area contributed by atoms with Crippen molar-refractivity contribution in [1.29, 1.82) is 0 Å². The summed E-state index contributed by atoms with van der Waals surface area (Å²) in [5.74, 6) is 0.244. The topological polar surface area (TPSA) is 51.0 Å². The molecule has 0 radical (unpaired) electrons. The average Bonchev–Trinajstić information content (AvgIpc) is 2.76. The zero-order valence-electron chi connectivity index (χ0n) is 10.5. The Balaban J connectivity index is 2.30. The third-order valence-electron chi connectivity index (χ3n) is 2.59. The van der Waals surface area contributed by atoms with Gasteiger partial charge in [0.2, 0.25) is 0 Å². The summed E-state index contributed by atoms with van der Waals surface area (Å²) in [4.78, 5) is 8.16. The largest absolute Gasteiger partial charge is 0.449 e. The van der Waals surface area contributed by atoms with Gasteiger partial charge in [-0.25, -0.2) is 9.37 Å². The van der Waals surface area contributed by atoms with Crippen molar-refractivity contribution in [2.24, 2.45) is 0 Å². The summed E-state index contributed by atoms with van der Waals surface area (Å²) in [7, 11) is 0. The number of hydrogen-bond donors (Lipinski definition) is 1. The molecule has 18 heavy (non-hydrogen) atoms. The van der Waals surface area contributed by atoms with E-state index in [1.165, 1.54) is 12.3 Å². The first-order valence-corrected chi connectivity index (χ1v) is 5.96. The van der Waals surface area contributed by atoms with E-state index in [0.717, 1.165) is 24.2 Å². The highest BCUT2D eigenvalue weighted by atomic mass is 19.1. The van der Waals surface area contributed by atoms with Crippen molar-refractivity contribution in [3.05, 3.63) is 47.7 Å². The standard InChI is InChI=1S/C13H16FN3O/c1-3-4-16-13(12-8-18-9(2)17-12)10-5-11(14)7-15-6-10/h5-8,13,16H,3-4H2,1-2H3. The molecule has 0 saturated carbocycles. The molecule has 96 valence electrons. The summed E-state index contributed by atoms with van der Waals surface area (Å²) in [6.07, 6.45) is 5.40. The molecule has 2 aromatic rings. The van der Waals surface area contributed by atoms with Crippen LogP contribution in [0.5, 0.6) is 0 Å². The fraction of sp³-hybridized carbons (Fsp3) is 0.385. The molecule has 2 rings (SSSR count). The first kappa shape index (κ1) is 12.7. The van der Waals surface area contributed by atoms with Crippen LogP contribution in [0.25, 0.3) is 0 Å². The Bertz CT molecular complexity index is 512. The predicted octanol–water partition coefficient (Wildman–Crippen LogP) is 2.61. The lowest BCUT2D eigenvalue weighted by atomic mass is 10.1. The first-order chi connectivity index (χ1) is 8.70. The van der Waals surface area contributed by atoms with Gasteiger partial charge in [0.05, 0.1) is 12.2 Å². The third kappa shape index (κ3) is 2.92. The lowest BCUT2D eigenvalue weighted by molar-refractivity contribution is 0.517. The predicted molar refractivity (Wildman–Crippen MR) is 65.6 cm³/mol. The third-order valence-corrected chi connectivity index (χ3v) is 2.59. The van der Waals surface area contributed by atoms with Gasteiger partial charge in [0, 0.05) is 13.1 Å². The SMILES string of the molecule is CCCNC(c1cncc(F)c1)c1coc(C)n1. The van der Waals surface area contributed by atoms with Gasteiger partial charge >= 0.3 is 0 Å². The van der Waals surface area contributed by atoms with E-state index >= 15 is 0 Å². The fourth-order valence-corrected chi connectivity index (χ4v) is 1.78. The minimum absolute atomic E-state index is 0.189. The number of halogens is 1. The van der Waals surface area contributed by atoms with Gasteiger partial charge in [0.25, 0.3) is 0 Å². The molecule has 2 aromatic heterocycles. The summed E-state index contributed by atoms with van der Waals surface area (Å²) in [5, 5.41) is 3.31. The first-order valence-electron chi connectivity index (χ1n) is 5.96. The Hall–Kier alpha value is -1.75. The number of nitrogens with zero attached hydrogens (tertiary/aromatic N) is 2. The smallest absolute Gasteiger partial charge is 0.191 e. The van der Waals surface area contributed by atoms with Crippen LogP contribution >= 0.6 is 0 Å². The zero-order valence-corrected chi connectivity index (χ0v) is 10.5.